The standard InChI is InChI=1S/C10H17BrOSi/c1-10(6-5-8-11)7-9-12-13(2,3)4/h5-9H,1-4H3. The summed E-state index contributed by atoms with van der Waals surface area (Å²) in [6.45, 7) is 8.52. The van der Waals surface area contributed by atoms with E-state index in [4.69, 9.17) is 4.43 Å². The predicted octanol–water partition coefficient (Wildman–Crippen LogP) is 4.21. The largest absolute Gasteiger partial charge is 0.550 e. The van der Waals surface area contributed by atoms with Crippen molar-refractivity contribution in [3.8, 4) is 0 Å². The van der Waals surface area contributed by atoms with E-state index in [0.29, 0.717) is 0 Å². The number of hydrogen-bond donors (Lipinski definition) is 0. The molecule has 0 unspecified atom stereocenters. The first-order valence-electron chi connectivity index (χ1n) is 4.24. The maximum Gasteiger partial charge on any atom is 0.241 e. The SMILES string of the molecule is CC(C=CO[Si](C)(C)C)=CC=CBr. The summed E-state index contributed by atoms with van der Waals surface area (Å²) in [5.41, 5.74) is 1.17. The Morgan fingerprint density at radius 1 is 1.31 bits per heavy atom. The molecule has 0 aromatic rings. The summed E-state index contributed by atoms with van der Waals surface area (Å²) in [5, 5.41) is 0. The molecule has 0 N–H and O–H groups in total. The summed E-state index contributed by atoms with van der Waals surface area (Å²) in [4.78, 5) is 1.82. The van der Waals surface area contributed by atoms with Gasteiger partial charge in [0, 0.05) is 0 Å². The topological polar surface area (TPSA) is 9.23 Å². The van der Waals surface area contributed by atoms with E-state index in [9.17, 15) is 0 Å². The second-order valence-corrected chi connectivity index (χ2v) is 8.75. The van der Waals surface area contributed by atoms with Gasteiger partial charge >= 0.3 is 0 Å². The van der Waals surface area contributed by atoms with E-state index in [1.54, 1.807) is 6.26 Å². The zero-order valence-corrected chi connectivity index (χ0v) is 11.3. The molecule has 0 atom stereocenters. The van der Waals surface area contributed by atoms with Crippen LogP contribution in [0.4, 0.5) is 0 Å². The Morgan fingerprint density at radius 2 is 1.92 bits per heavy atom. The molecule has 0 saturated carbocycles. The normalized spacial score (nSPS) is 14.4. The van der Waals surface area contributed by atoms with Gasteiger partial charge in [-0.1, -0.05) is 28.1 Å². The molecule has 0 heterocycles. The van der Waals surface area contributed by atoms with Gasteiger partial charge in [0.2, 0.25) is 8.32 Å². The van der Waals surface area contributed by atoms with Gasteiger partial charge in [-0.15, -0.1) is 0 Å². The summed E-state index contributed by atoms with van der Waals surface area (Å²) in [7, 11) is -1.40. The first-order chi connectivity index (χ1) is 5.95. The molecule has 0 saturated heterocycles. The quantitative estimate of drug-likeness (QED) is 0.418. The van der Waals surface area contributed by atoms with Gasteiger partial charge in [-0.2, -0.15) is 0 Å². The van der Waals surface area contributed by atoms with Crippen LogP contribution in [0.15, 0.2) is 35.0 Å². The molecular formula is C10H17BrOSi. The van der Waals surface area contributed by atoms with Crippen molar-refractivity contribution >= 4 is 24.2 Å². The lowest BCUT2D eigenvalue weighted by atomic mass is 10.3. The highest BCUT2D eigenvalue weighted by atomic mass is 79.9. The molecule has 0 aromatic carbocycles. The minimum Gasteiger partial charge on any atom is -0.550 e. The molecule has 0 bridgehead atoms. The average Bonchev–Trinajstić information content (AvgIpc) is 1.98. The Labute approximate surface area is 90.4 Å². The van der Waals surface area contributed by atoms with E-state index in [-0.39, 0.29) is 0 Å². The molecule has 74 valence electrons. The van der Waals surface area contributed by atoms with Crippen LogP contribution in [0.2, 0.25) is 19.6 Å². The molecule has 0 aliphatic carbocycles. The lowest BCUT2D eigenvalue weighted by Crippen LogP contribution is -2.21. The number of halogens is 1. The van der Waals surface area contributed by atoms with Gasteiger partial charge in [0.1, 0.15) is 0 Å². The molecular weight excluding hydrogens is 244 g/mol. The highest BCUT2D eigenvalue weighted by Crippen LogP contribution is 2.04. The van der Waals surface area contributed by atoms with E-state index in [1.165, 1.54) is 5.57 Å². The van der Waals surface area contributed by atoms with E-state index >= 15 is 0 Å². The summed E-state index contributed by atoms with van der Waals surface area (Å²) >= 11 is 3.20. The van der Waals surface area contributed by atoms with Crippen LogP contribution in [-0.2, 0) is 4.43 Å². The van der Waals surface area contributed by atoms with Crippen molar-refractivity contribution in [3.05, 3.63) is 35.0 Å². The molecule has 13 heavy (non-hydrogen) atoms. The molecule has 0 aliphatic rings. The molecule has 0 radical (unpaired) electrons. The van der Waals surface area contributed by atoms with Crippen LogP contribution in [0.1, 0.15) is 6.92 Å². The summed E-state index contributed by atoms with van der Waals surface area (Å²) in [6.07, 6.45) is 7.72. The fraction of sp³-hybridized carbons (Fsp3) is 0.400. The lowest BCUT2D eigenvalue weighted by Gasteiger charge is -2.14. The fourth-order valence-corrected chi connectivity index (χ4v) is 1.22. The molecule has 0 spiro atoms. The van der Waals surface area contributed by atoms with Crippen LogP contribution in [0.3, 0.4) is 0 Å². The van der Waals surface area contributed by atoms with Crippen molar-refractivity contribution in [1.82, 2.24) is 0 Å². The maximum absolute atomic E-state index is 5.56. The summed E-state index contributed by atoms with van der Waals surface area (Å²) < 4.78 is 5.56. The van der Waals surface area contributed by atoms with Crippen molar-refractivity contribution in [3.63, 3.8) is 0 Å². The third-order valence-electron chi connectivity index (χ3n) is 1.18. The molecule has 0 aromatic heterocycles. The van der Waals surface area contributed by atoms with Crippen molar-refractivity contribution < 1.29 is 4.43 Å². The molecule has 0 aliphatic heterocycles. The molecule has 0 fully saturated rings. The highest BCUT2D eigenvalue weighted by Gasteiger charge is 2.12. The van der Waals surface area contributed by atoms with Crippen molar-refractivity contribution in [1.29, 1.82) is 0 Å². The second kappa shape index (κ2) is 6.21. The van der Waals surface area contributed by atoms with Crippen molar-refractivity contribution in [2.45, 2.75) is 26.6 Å². The van der Waals surface area contributed by atoms with Crippen LogP contribution < -0.4 is 0 Å². The minimum absolute atomic E-state index is 1.17. The Balaban J connectivity index is 3.99. The van der Waals surface area contributed by atoms with Gasteiger partial charge in [-0.05, 0) is 43.2 Å². The fourth-order valence-electron chi connectivity index (χ4n) is 0.589. The zero-order chi connectivity index (χ0) is 10.3. The smallest absolute Gasteiger partial charge is 0.241 e. The van der Waals surface area contributed by atoms with Gasteiger partial charge in [-0.25, -0.2) is 0 Å². The third-order valence-corrected chi connectivity index (χ3v) is 2.33. The van der Waals surface area contributed by atoms with E-state index < -0.39 is 8.32 Å². The first-order valence-corrected chi connectivity index (χ1v) is 8.56. The molecule has 3 heteroatoms. The highest BCUT2D eigenvalue weighted by molar-refractivity contribution is 9.11. The number of hydrogen-bond acceptors (Lipinski definition) is 1. The van der Waals surface area contributed by atoms with Crippen LogP contribution >= 0.6 is 15.9 Å². The average molecular weight is 261 g/mol. The second-order valence-electron chi connectivity index (χ2n) is 3.76. The minimum atomic E-state index is -1.40. The van der Waals surface area contributed by atoms with Gasteiger partial charge in [0.15, 0.2) is 0 Å². The van der Waals surface area contributed by atoms with Crippen LogP contribution in [-0.4, -0.2) is 8.32 Å². The Morgan fingerprint density at radius 3 is 2.38 bits per heavy atom. The molecule has 1 nitrogen and oxygen atoms in total. The first kappa shape index (κ1) is 12.7. The maximum atomic E-state index is 5.56. The Kier molecular flexibility index (Phi) is 6.08. The monoisotopic (exact) mass is 260 g/mol. The third kappa shape index (κ3) is 9.63. The van der Waals surface area contributed by atoms with Crippen LogP contribution in [0, 0.1) is 0 Å². The van der Waals surface area contributed by atoms with Crippen molar-refractivity contribution in [2.24, 2.45) is 0 Å². The Hall–Kier alpha value is -0.283. The van der Waals surface area contributed by atoms with Gasteiger partial charge in [0.05, 0.1) is 6.26 Å². The van der Waals surface area contributed by atoms with Gasteiger partial charge < -0.3 is 4.43 Å². The summed E-state index contributed by atoms with van der Waals surface area (Å²) in [6, 6.07) is 0. The van der Waals surface area contributed by atoms with E-state index in [1.807, 2.05) is 30.1 Å². The van der Waals surface area contributed by atoms with Crippen LogP contribution in [0.25, 0.3) is 0 Å². The van der Waals surface area contributed by atoms with Gasteiger partial charge in [0.25, 0.3) is 0 Å². The summed E-state index contributed by atoms with van der Waals surface area (Å²) in [5.74, 6) is 0. The van der Waals surface area contributed by atoms with Crippen molar-refractivity contribution in [2.75, 3.05) is 0 Å². The van der Waals surface area contributed by atoms with Gasteiger partial charge in [-0.3, -0.25) is 0 Å². The predicted molar refractivity (Wildman–Crippen MR) is 65.4 cm³/mol. The Bertz CT molecular complexity index is 224. The number of rotatable bonds is 4. The van der Waals surface area contributed by atoms with E-state index in [0.717, 1.165) is 0 Å². The van der Waals surface area contributed by atoms with Crippen LogP contribution in [0.5, 0.6) is 0 Å². The molecule has 0 rings (SSSR count). The molecule has 0 amide bonds. The van der Waals surface area contributed by atoms with E-state index in [2.05, 4.69) is 35.6 Å². The lowest BCUT2D eigenvalue weighted by molar-refractivity contribution is 0.479. The number of allylic oxidation sites excluding steroid dienone is 4. The zero-order valence-electron chi connectivity index (χ0n) is 8.67.